The molecule has 0 aromatic heterocycles. The van der Waals surface area contributed by atoms with Crippen molar-refractivity contribution in [3.63, 3.8) is 0 Å². The lowest BCUT2D eigenvalue weighted by molar-refractivity contribution is 0.470. The summed E-state index contributed by atoms with van der Waals surface area (Å²) in [4.78, 5) is 0. The van der Waals surface area contributed by atoms with E-state index < -0.39 is 0 Å². The first-order chi connectivity index (χ1) is 8.00. The van der Waals surface area contributed by atoms with Gasteiger partial charge in [-0.2, -0.15) is 0 Å². The van der Waals surface area contributed by atoms with Crippen molar-refractivity contribution in [1.82, 2.24) is 0 Å². The summed E-state index contributed by atoms with van der Waals surface area (Å²) in [5, 5.41) is 9.10. The summed E-state index contributed by atoms with van der Waals surface area (Å²) in [6.07, 6.45) is 0. The number of hydrogen-bond acceptors (Lipinski definition) is 1. The van der Waals surface area contributed by atoms with E-state index in [2.05, 4.69) is 38.1 Å². The minimum absolute atomic E-state index is 0.384. The van der Waals surface area contributed by atoms with Gasteiger partial charge in [0.2, 0.25) is 0 Å². The van der Waals surface area contributed by atoms with E-state index in [9.17, 15) is 0 Å². The van der Waals surface area contributed by atoms with Crippen molar-refractivity contribution in [3.05, 3.63) is 64.7 Å². The Labute approximate surface area is 104 Å². The lowest BCUT2D eigenvalue weighted by atomic mass is 10.1. The van der Waals surface area contributed by atoms with Gasteiger partial charge in [-0.25, -0.2) is 0 Å². The van der Waals surface area contributed by atoms with Gasteiger partial charge in [-0.15, -0.1) is 0 Å². The molecule has 1 nitrogen and oxygen atoms in total. The second kappa shape index (κ2) is 6.09. The number of phenolic OH excluding ortho intramolecular Hbond substituents is 1. The number of aromatic hydroxyl groups is 1. The molecule has 0 aliphatic carbocycles. The molecule has 2 aromatic carbocycles. The van der Waals surface area contributed by atoms with E-state index in [4.69, 9.17) is 5.11 Å². The Kier molecular flexibility index (Phi) is 4.77. The van der Waals surface area contributed by atoms with Crippen LogP contribution in [0.1, 0.15) is 22.3 Å². The first-order valence-corrected chi connectivity index (χ1v) is 5.79. The molecule has 0 bridgehead atoms. The quantitative estimate of drug-likeness (QED) is 0.712. The van der Waals surface area contributed by atoms with Gasteiger partial charge in [-0.3, -0.25) is 0 Å². The smallest absolute Gasteiger partial charge is 0.118 e. The first-order valence-electron chi connectivity index (χ1n) is 5.79. The second-order valence-corrected chi connectivity index (χ2v) is 4.37. The highest BCUT2D eigenvalue weighted by Gasteiger charge is 1.91. The van der Waals surface area contributed by atoms with Gasteiger partial charge in [-0.05, 0) is 56.0 Å². The maximum Gasteiger partial charge on any atom is 0.118 e. The summed E-state index contributed by atoms with van der Waals surface area (Å²) in [7, 11) is 0. The van der Waals surface area contributed by atoms with Gasteiger partial charge in [0.25, 0.3) is 0 Å². The standard InChI is InChI=1S/C8H10O.C8H10/c1-6-3-4-7(2)8(9)5-6;1-7-5-3-4-6-8(7)2/h3-5,9H,1-2H3;3-6H,1-2H3. The molecule has 0 saturated carbocycles. The van der Waals surface area contributed by atoms with Crippen LogP contribution in [0.5, 0.6) is 5.75 Å². The molecule has 1 heteroatoms. The van der Waals surface area contributed by atoms with Crippen LogP contribution < -0.4 is 0 Å². The Bertz CT molecular complexity index is 466. The van der Waals surface area contributed by atoms with Crippen molar-refractivity contribution in [3.8, 4) is 5.75 Å². The van der Waals surface area contributed by atoms with Crippen LogP contribution in [0.4, 0.5) is 0 Å². The fraction of sp³-hybridized carbons (Fsp3) is 0.250. The lowest BCUT2D eigenvalue weighted by Crippen LogP contribution is -1.74. The van der Waals surface area contributed by atoms with Gasteiger partial charge in [0.05, 0.1) is 0 Å². The van der Waals surface area contributed by atoms with E-state index in [-0.39, 0.29) is 0 Å². The molecule has 2 rings (SSSR count). The number of hydrogen-bond donors (Lipinski definition) is 1. The maximum atomic E-state index is 9.10. The molecule has 0 heterocycles. The summed E-state index contributed by atoms with van der Waals surface area (Å²) in [6, 6.07) is 14.0. The normalized spacial score (nSPS) is 9.41. The molecule has 90 valence electrons. The minimum Gasteiger partial charge on any atom is -0.508 e. The molecule has 0 amide bonds. The SMILES string of the molecule is Cc1ccc(C)c(O)c1.Cc1ccccc1C. The van der Waals surface area contributed by atoms with Crippen molar-refractivity contribution in [2.45, 2.75) is 27.7 Å². The van der Waals surface area contributed by atoms with Crippen molar-refractivity contribution >= 4 is 0 Å². The van der Waals surface area contributed by atoms with Crippen LogP contribution >= 0.6 is 0 Å². The van der Waals surface area contributed by atoms with Gasteiger partial charge < -0.3 is 5.11 Å². The zero-order valence-corrected chi connectivity index (χ0v) is 11.0. The third kappa shape index (κ3) is 4.31. The third-order valence-electron chi connectivity index (χ3n) is 2.79. The molecule has 0 aliphatic heterocycles. The maximum absolute atomic E-state index is 9.10. The fourth-order valence-electron chi connectivity index (χ4n) is 1.38. The highest BCUT2D eigenvalue weighted by Crippen LogP contribution is 2.15. The Balaban J connectivity index is 0.000000171. The van der Waals surface area contributed by atoms with Gasteiger partial charge in [-0.1, -0.05) is 36.4 Å². The average Bonchev–Trinajstić information content (AvgIpc) is 2.29. The van der Waals surface area contributed by atoms with Gasteiger partial charge in [0.15, 0.2) is 0 Å². The van der Waals surface area contributed by atoms with Crippen molar-refractivity contribution in [1.29, 1.82) is 0 Å². The van der Waals surface area contributed by atoms with E-state index in [1.165, 1.54) is 11.1 Å². The summed E-state index contributed by atoms with van der Waals surface area (Å²) in [5.74, 6) is 0.384. The minimum atomic E-state index is 0.384. The van der Waals surface area contributed by atoms with Crippen molar-refractivity contribution in [2.24, 2.45) is 0 Å². The predicted octanol–water partition coefficient (Wildman–Crippen LogP) is 4.31. The Morgan fingerprint density at radius 3 is 1.59 bits per heavy atom. The molecule has 0 fully saturated rings. The van der Waals surface area contributed by atoms with Crippen LogP contribution in [-0.2, 0) is 0 Å². The first kappa shape index (κ1) is 13.3. The van der Waals surface area contributed by atoms with E-state index in [0.717, 1.165) is 11.1 Å². The topological polar surface area (TPSA) is 20.2 Å². The predicted molar refractivity (Wildman–Crippen MR) is 73.5 cm³/mol. The number of benzene rings is 2. The van der Waals surface area contributed by atoms with Gasteiger partial charge >= 0.3 is 0 Å². The Morgan fingerprint density at radius 2 is 1.24 bits per heavy atom. The lowest BCUT2D eigenvalue weighted by Gasteiger charge is -1.97. The number of aryl methyl sites for hydroxylation is 4. The number of rotatable bonds is 0. The van der Waals surface area contributed by atoms with Gasteiger partial charge in [0.1, 0.15) is 5.75 Å². The van der Waals surface area contributed by atoms with Gasteiger partial charge in [0, 0.05) is 0 Å². The molecule has 2 aromatic rings. The molecule has 17 heavy (non-hydrogen) atoms. The monoisotopic (exact) mass is 228 g/mol. The Morgan fingerprint density at radius 1 is 0.706 bits per heavy atom. The third-order valence-corrected chi connectivity index (χ3v) is 2.79. The summed E-state index contributed by atoms with van der Waals surface area (Å²) >= 11 is 0. The molecule has 0 saturated heterocycles. The van der Waals surface area contributed by atoms with Crippen LogP contribution in [0.15, 0.2) is 42.5 Å². The largest absolute Gasteiger partial charge is 0.508 e. The molecule has 1 N–H and O–H groups in total. The van der Waals surface area contributed by atoms with Crippen LogP contribution in [0.3, 0.4) is 0 Å². The number of phenols is 1. The highest BCUT2D eigenvalue weighted by molar-refractivity contribution is 5.34. The van der Waals surface area contributed by atoms with E-state index in [1.807, 2.05) is 26.0 Å². The highest BCUT2D eigenvalue weighted by atomic mass is 16.3. The summed E-state index contributed by atoms with van der Waals surface area (Å²) in [6.45, 7) is 8.08. The zero-order valence-electron chi connectivity index (χ0n) is 11.0. The van der Waals surface area contributed by atoms with Crippen LogP contribution in [0, 0.1) is 27.7 Å². The average molecular weight is 228 g/mol. The molecule has 0 aliphatic rings. The summed E-state index contributed by atoms with van der Waals surface area (Å²) < 4.78 is 0. The zero-order chi connectivity index (χ0) is 12.8. The van der Waals surface area contributed by atoms with Crippen molar-refractivity contribution < 1.29 is 5.11 Å². The second-order valence-electron chi connectivity index (χ2n) is 4.37. The van der Waals surface area contributed by atoms with E-state index in [0.29, 0.717) is 5.75 Å². The van der Waals surface area contributed by atoms with Crippen LogP contribution in [0.25, 0.3) is 0 Å². The van der Waals surface area contributed by atoms with E-state index in [1.54, 1.807) is 6.07 Å². The summed E-state index contributed by atoms with van der Waals surface area (Å²) in [5.41, 5.74) is 4.76. The molecular weight excluding hydrogens is 208 g/mol. The Hall–Kier alpha value is -1.76. The molecule has 0 spiro atoms. The van der Waals surface area contributed by atoms with Crippen LogP contribution in [0.2, 0.25) is 0 Å². The molecular formula is C16H20O. The molecule has 0 radical (unpaired) electrons. The molecule has 0 unspecified atom stereocenters. The fourth-order valence-corrected chi connectivity index (χ4v) is 1.38. The van der Waals surface area contributed by atoms with E-state index >= 15 is 0 Å². The van der Waals surface area contributed by atoms with Crippen molar-refractivity contribution in [2.75, 3.05) is 0 Å². The molecule has 0 atom stereocenters. The van der Waals surface area contributed by atoms with Crippen LogP contribution in [-0.4, -0.2) is 5.11 Å².